The van der Waals surface area contributed by atoms with Crippen LogP contribution in [0, 0.1) is 5.82 Å². The zero-order valence-corrected chi connectivity index (χ0v) is 22.1. The molecule has 1 atom stereocenters. The van der Waals surface area contributed by atoms with Crippen LogP contribution in [0.2, 0.25) is 0 Å². The van der Waals surface area contributed by atoms with E-state index in [1.54, 1.807) is 50.5 Å². The number of amidine groups is 1. The number of benzene rings is 3. The fourth-order valence-electron chi connectivity index (χ4n) is 3.89. The summed E-state index contributed by atoms with van der Waals surface area (Å²) in [5.74, 6) is 0.997. The van der Waals surface area contributed by atoms with E-state index in [2.05, 4.69) is 5.32 Å². The first-order chi connectivity index (χ1) is 18.4. The summed E-state index contributed by atoms with van der Waals surface area (Å²) in [7, 11) is 4.74. The lowest BCUT2D eigenvalue weighted by Gasteiger charge is -2.17. The first-order valence-electron chi connectivity index (χ1n) is 11.9. The maximum atomic E-state index is 13.4. The molecule has 4 rings (SSSR count). The van der Waals surface area contributed by atoms with Crippen molar-refractivity contribution in [1.82, 2.24) is 4.90 Å². The lowest BCUT2D eigenvalue weighted by atomic mass is 10.1. The first-order valence-corrected chi connectivity index (χ1v) is 12.7. The zero-order chi connectivity index (χ0) is 27.1. The van der Waals surface area contributed by atoms with Crippen molar-refractivity contribution in [3.63, 3.8) is 0 Å². The highest BCUT2D eigenvalue weighted by atomic mass is 32.2. The second-order valence-corrected chi connectivity index (χ2v) is 9.56. The molecular weight excluding hydrogens is 509 g/mol. The highest BCUT2D eigenvalue weighted by molar-refractivity contribution is 8.15. The molecule has 0 aliphatic carbocycles. The van der Waals surface area contributed by atoms with Crippen molar-refractivity contribution in [2.24, 2.45) is 4.99 Å². The molecule has 10 heteroatoms. The molecule has 1 N–H and O–H groups in total. The largest absolute Gasteiger partial charge is 0.497 e. The Bertz CT molecular complexity index is 1320. The molecule has 8 nitrogen and oxygen atoms in total. The summed E-state index contributed by atoms with van der Waals surface area (Å²) in [5.41, 5.74) is 2.08. The molecule has 0 saturated carbocycles. The second kappa shape index (κ2) is 12.5. The molecule has 0 bridgehead atoms. The summed E-state index contributed by atoms with van der Waals surface area (Å²) in [6.45, 7) is 0.367. The normalized spacial score (nSPS) is 16.0. The Morgan fingerprint density at radius 1 is 0.974 bits per heavy atom. The van der Waals surface area contributed by atoms with Gasteiger partial charge in [-0.2, -0.15) is 0 Å². The van der Waals surface area contributed by atoms with Gasteiger partial charge in [0.05, 0.1) is 27.0 Å². The highest BCUT2D eigenvalue weighted by Gasteiger charge is 2.39. The third-order valence-corrected chi connectivity index (χ3v) is 7.06. The smallest absolute Gasteiger partial charge is 0.242 e. The van der Waals surface area contributed by atoms with Gasteiger partial charge in [0.15, 0.2) is 16.7 Å². The van der Waals surface area contributed by atoms with E-state index in [1.807, 2.05) is 18.2 Å². The lowest BCUT2D eigenvalue weighted by Crippen LogP contribution is -2.35. The molecule has 3 aromatic rings. The Morgan fingerprint density at radius 3 is 2.34 bits per heavy atom. The van der Waals surface area contributed by atoms with E-state index in [-0.39, 0.29) is 18.2 Å². The van der Waals surface area contributed by atoms with Gasteiger partial charge < -0.3 is 19.5 Å². The molecule has 0 aromatic heterocycles. The van der Waals surface area contributed by atoms with Gasteiger partial charge in [0.25, 0.3) is 0 Å². The van der Waals surface area contributed by atoms with Crippen LogP contribution in [-0.4, -0.2) is 55.0 Å². The SMILES string of the molecule is COc1ccc(N=C2S[C@H](CC(=O)Nc3ccc(F)cc3)C(=O)N2CCc2ccc(OC)c(OC)c2)cc1. The van der Waals surface area contributed by atoms with Crippen molar-refractivity contribution in [1.29, 1.82) is 0 Å². The number of nitrogens with zero attached hydrogens (tertiary/aromatic N) is 2. The number of carbonyl (C=O) groups is 2. The minimum atomic E-state index is -0.641. The van der Waals surface area contributed by atoms with E-state index in [0.717, 1.165) is 5.56 Å². The molecule has 0 radical (unpaired) electrons. The lowest BCUT2D eigenvalue weighted by molar-refractivity contribution is -0.128. The van der Waals surface area contributed by atoms with Gasteiger partial charge in [0.1, 0.15) is 16.8 Å². The van der Waals surface area contributed by atoms with Crippen molar-refractivity contribution in [3.05, 3.63) is 78.1 Å². The zero-order valence-electron chi connectivity index (χ0n) is 21.3. The van der Waals surface area contributed by atoms with Gasteiger partial charge in [0, 0.05) is 18.7 Å². The van der Waals surface area contributed by atoms with Crippen LogP contribution < -0.4 is 19.5 Å². The Hall–Kier alpha value is -4.05. The summed E-state index contributed by atoms with van der Waals surface area (Å²) in [6.07, 6.45) is 0.498. The van der Waals surface area contributed by atoms with Crippen molar-refractivity contribution in [2.75, 3.05) is 33.2 Å². The fourth-order valence-corrected chi connectivity index (χ4v) is 5.07. The molecule has 1 saturated heterocycles. The maximum Gasteiger partial charge on any atom is 0.242 e. The Balaban J connectivity index is 1.52. The highest BCUT2D eigenvalue weighted by Crippen LogP contribution is 2.33. The number of thioether (sulfide) groups is 1. The quantitative estimate of drug-likeness (QED) is 0.389. The van der Waals surface area contributed by atoms with E-state index < -0.39 is 11.1 Å². The van der Waals surface area contributed by atoms with Crippen LogP contribution in [0.5, 0.6) is 17.2 Å². The number of amides is 2. The number of aliphatic imine (C=N–C) groups is 1. The molecule has 0 unspecified atom stereocenters. The Kier molecular flexibility index (Phi) is 8.85. The average Bonchev–Trinajstić information content (AvgIpc) is 3.21. The van der Waals surface area contributed by atoms with Crippen LogP contribution in [0.4, 0.5) is 15.8 Å². The van der Waals surface area contributed by atoms with Gasteiger partial charge in [0.2, 0.25) is 11.8 Å². The first kappa shape index (κ1) is 27.0. The number of carbonyl (C=O) groups excluding carboxylic acids is 2. The van der Waals surface area contributed by atoms with Gasteiger partial charge in [-0.25, -0.2) is 9.38 Å². The van der Waals surface area contributed by atoms with Gasteiger partial charge in [-0.05, 0) is 72.6 Å². The Labute approximate surface area is 224 Å². The summed E-state index contributed by atoms with van der Waals surface area (Å²) >= 11 is 1.25. The number of ether oxygens (including phenoxy) is 3. The van der Waals surface area contributed by atoms with Crippen molar-refractivity contribution in [2.45, 2.75) is 18.1 Å². The van der Waals surface area contributed by atoms with E-state index in [0.29, 0.717) is 46.8 Å². The molecular formula is C28H28FN3O5S. The number of halogens is 1. The summed E-state index contributed by atoms with van der Waals surface area (Å²) < 4.78 is 29.1. The van der Waals surface area contributed by atoms with Crippen molar-refractivity contribution < 1.29 is 28.2 Å². The number of rotatable bonds is 10. The van der Waals surface area contributed by atoms with Crippen LogP contribution in [0.1, 0.15) is 12.0 Å². The predicted octanol–water partition coefficient (Wildman–Crippen LogP) is 5.05. The van der Waals surface area contributed by atoms with E-state index in [9.17, 15) is 14.0 Å². The number of hydrogen-bond donors (Lipinski definition) is 1. The third kappa shape index (κ3) is 6.63. The molecule has 0 spiro atoms. The fraction of sp³-hybridized carbons (Fsp3) is 0.250. The van der Waals surface area contributed by atoms with Gasteiger partial charge in [-0.3, -0.25) is 14.5 Å². The van der Waals surface area contributed by atoms with Crippen LogP contribution >= 0.6 is 11.8 Å². The molecule has 1 heterocycles. The number of anilines is 1. The molecule has 38 heavy (non-hydrogen) atoms. The molecule has 3 aromatic carbocycles. The molecule has 1 fully saturated rings. The third-order valence-electron chi connectivity index (χ3n) is 5.89. The van der Waals surface area contributed by atoms with Crippen LogP contribution in [0.15, 0.2) is 71.7 Å². The molecule has 1 aliphatic rings. The summed E-state index contributed by atoms with van der Waals surface area (Å²) in [6, 6.07) is 18.3. The minimum Gasteiger partial charge on any atom is -0.497 e. The van der Waals surface area contributed by atoms with Gasteiger partial charge >= 0.3 is 0 Å². The van der Waals surface area contributed by atoms with Crippen LogP contribution in [-0.2, 0) is 16.0 Å². The molecule has 198 valence electrons. The van der Waals surface area contributed by atoms with Gasteiger partial charge in [-0.1, -0.05) is 17.8 Å². The Morgan fingerprint density at radius 2 is 1.68 bits per heavy atom. The van der Waals surface area contributed by atoms with Gasteiger partial charge in [-0.15, -0.1) is 0 Å². The monoisotopic (exact) mass is 537 g/mol. The minimum absolute atomic E-state index is 0.0463. The standard InChI is InChI=1S/C28H28FN3O5S/c1-35-22-11-9-21(10-12-22)31-28-32(15-14-18-4-13-23(36-2)24(16-18)37-3)27(34)25(38-28)17-26(33)30-20-7-5-19(29)6-8-20/h4-13,16,25H,14-15,17H2,1-3H3,(H,30,33)/t25-/m1/s1. The average molecular weight is 538 g/mol. The second-order valence-electron chi connectivity index (χ2n) is 8.39. The summed E-state index contributed by atoms with van der Waals surface area (Å²) in [5, 5.41) is 2.59. The summed E-state index contributed by atoms with van der Waals surface area (Å²) in [4.78, 5) is 32.4. The van der Waals surface area contributed by atoms with E-state index >= 15 is 0 Å². The molecule has 1 aliphatic heterocycles. The van der Waals surface area contributed by atoms with Crippen LogP contribution in [0.25, 0.3) is 0 Å². The number of methoxy groups -OCH3 is 3. The van der Waals surface area contributed by atoms with Crippen molar-refractivity contribution >= 4 is 40.1 Å². The van der Waals surface area contributed by atoms with E-state index in [4.69, 9.17) is 19.2 Å². The molecule has 2 amide bonds. The maximum absolute atomic E-state index is 13.4. The van der Waals surface area contributed by atoms with Crippen LogP contribution in [0.3, 0.4) is 0 Å². The number of hydrogen-bond acceptors (Lipinski definition) is 7. The predicted molar refractivity (Wildman–Crippen MR) is 146 cm³/mol. The topological polar surface area (TPSA) is 89.5 Å². The van der Waals surface area contributed by atoms with E-state index in [1.165, 1.54) is 36.0 Å². The number of nitrogens with one attached hydrogen (secondary N) is 1. The van der Waals surface area contributed by atoms with Crippen molar-refractivity contribution in [3.8, 4) is 17.2 Å².